The summed E-state index contributed by atoms with van der Waals surface area (Å²) in [5, 5.41) is 23.5. The summed E-state index contributed by atoms with van der Waals surface area (Å²) in [6.45, 7) is 4.97. The van der Waals surface area contributed by atoms with Crippen molar-refractivity contribution in [2.75, 3.05) is 13.2 Å². The van der Waals surface area contributed by atoms with E-state index in [-0.39, 0.29) is 18.5 Å². The van der Waals surface area contributed by atoms with Crippen LogP contribution in [0.4, 0.5) is 0 Å². The first kappa shape index (κ1) is 89.1. The van der Waals surface area contributed by atoms with Gasteiger partial charge in [0.15, 0.2) is 0 Å². The van der Waals surface area contributed by atoms with Gasteiger partial charge in [-0.2, -0.15) is 0 Å². The highest BCUT2D eigenvalue weighted by Crippen LogP contribution is 2.20. The summed E-state index contributed by atoms with van der Waals surface area (Å²) >= 11 is 0. The standard InChI is InChI=1S/C85H163NO5/c1-3-5-7-9-11-13-15-17-19-20-21-22-40-43-46-50-53-57-61-65-69-73-77-83(88)82(81-87)86-84(89)78-74-70-66-62-58-54-51-47-44-41-38-36-34-32-30-28-26-24-23-25-27-29-31-33-35-37-39-42-45-48-52-56-60-64-68-72-76-80-91-85(90)79-75-71-67-63-59-55-49-18-16-14-12-10-8-6-4-2/h12,14,18,23,25,49,82-83,87-88H,3-11,13,15-17,19-22,24,26-48,50-81H2,1-2H3,(H,86,89)/b14-12-,25-23-,49-18-. The zero-order valence-corrected chi connectivity index (χ0v) is 61.9. The molecule has 0 bridgehead atoms. The highest BCUT2D eigenvalue weighted by molar-refractivity contribution is 5.76. The lowest BCUT2D eigenvalue weighted by molar-refractivity contribution is -0.143. The van der Waals surface area contributed by atoms with Gasteiger partial charge in [0, 0.05) is 12.8 Å². The number of ether oxygens (including phenoxy) is 1. The number of aliphatic hydroxyl groups is 2. The fourth-order valence-corrected chi connectivity index (χ4v) is 13.3. The highest BCUT2D eigenvalue weighted by Gasteiger charge is 2.20. The van der Waals surface area contributed by atoms with Crippen molar-refractivity contribution in [3.05, 3.63) is 36.5 Å². The van der Waals surface area contributed by atoms with Crippen LogP contribution in [0.1, 0.15) is 470 Å². The van der Waals surface area contributed by atoms with E-state index < -0.39 is 12.1 Å². The van der Waals surface area contributed by atoms with E-state index in [9.17, 15) is 19.8 Å². The number of hydrogen-bond donors (Lipinski definition) is 3. The van der Waals surface area contributed by atoms with Gasteiger partial charge in [-0.05, 0) is 83.5 Å². The molecule has 538 valence electrons. The molecule has 0 aromatic carbocycles. The molecule has 1 amide bonds. The molecule has 0 aliphatic carbocycles. The zero-order chi connectivity index (χ0) is 65.6. The minimum atomic E-state index is -0.663. The lowest BCUT2D eigenvalue weighted by atomic mass is 10.0. The number of unbranched alkanes of at least 4 members (excludes halogenated alkanes) is 62. The fraction of sp³-hybridized carbons (Fsp3) is 0.906. The second kappa shape index (κ2) is 80.5. The summed E-state index contributed by atoms with van der Waals surface area (Å²) in [6.07, 6.45) is 105. The number of rotatable bonds is 79. The molecule has 91 heavy (non-hydrogen) atoms. The molecule has 0 rings (SSSR count). The van der Waals surface area contributed by atoms with Gasteiger partial charge >= 0.3 is 5.97 Å². The van der Waals surface area contributed by atoms with Crippen molar-refractivity contribution < 1.29 is 24.5 Å². The van der Waals surface area contributed by atoms with Crippen LogP contribution in [0.25, 0.3) is 0 Å². The molecule has 6 heteroatoms. The summed E-state index contributed by atoms with van der Waals surface area (Å²) in [5.41, 5.74) is 0. The first-order chi connectivity index (χ1) is 45.0. The quantitative estimate of drug-likeness (QED) is 0.0320. The van der Waals surface area contributed by atoms with Gasteiger partial charge in [0.1, 0.15) is 0 Å². The minimum Gasteiger partial charge on any atom is -0.466 e. The van der Waals surface area contributed by atoms with E-state index in [0.29, 0.717) is 25.9 Å². The normalized spacial score (nSPS) is 12.6. The lowest BCUT2D eigenvalue weighted by Gasteiger charge is -2.22. The molecule has 0 heterocycles. The minimum absolute atomic E-state index is 0.00812. The SMILES string of the molecule is CCCCC/C=C\C/C=C\CCCCCCCC(=O)OCCCCCCCCCCCCCCCCCC/C=C\CCCCCCCCCCCCCCCCCCCC(=O)NC(CO)C(O)CCCCCCCCCCCCCCCCCCCCCCCC. The summed E-state index contributed by atoms with van der Waals surface area (Å²) in [4.78, 5) is 24.7. The number of esters is 1. The van der Waals surface area contributed by atoms with Crippen LogP contribution >= 0.6 is 0 Å². The predicted octanol–water partition coefficient (Wildman–Crippen LogP) is 27.8. The van der Waals surface area contributed by atoms with Crippen LogP contribution in [0, 0.1) is 0 Å². The third kappa shape index (κ3) is 77.0. The van der Waals surface area contributed by atoms with E-state index in [1.807, 2.05) is 0 Å². The average molecular weight is 1280 g/mol. The summed E-state index contributed by atoms with van der Waals surface area (Å²) in [5.74, 6) is -0.0174. The van der Waals surface area contributed by atoms with Crippen LogP contribution < -0.4 is 5.32 Å². The molecule has 0 radical (unpaired) electrons. The lowest BCUT2D eigenvalue weighted by Crippen LogP contribution is -2.45. The van der Waals surface area contributed by atoms with Gasteiger partial charge in [0.25, 0.3) is 0 Å². The van der Waals surface area contributed by atoms with Crippen molar-refractivity contribution >= 4 is 11.9 Å². The van der Waals surface area contributed by atoms with Crippen LogP contribution in [0.15, 0.2) is 36.5 Å². The molecule has 0 fully saturated rings. The Bertz CT molecular complexity index is 1470. The second-order valence-electron chi connectivity index (χ2n) is 28.8. The smallest absolute Gasteiger partial charge is 0.305 e. The molecule has 0 saturated heterocycles. The Hall–Kier alpha value is -1.92. The molecule has 6 nitrogen and oxygen atoms in total. The first-order valence-electron chi connectivity index (χ1n) is 41.7. The summed E-state index contributed by atoms with van der Waals surface area (Å²) < 4.78 is 5.50. The molecule has 2 unspecified atom stereocenters. The van der Waals surface area contributed by atoms with E-state index in [1.165, 1.54) is 385 Å². The topological polar surface area (TPSA) is 95.9 Å². The maximum Gasteiger partial charge on any atom is 0.305 e. The highest BCUT2D eigenvalue weighted by atomic mass is 16.5. The number of allylic oxidation sites excluding steroid dienone is 6. The van der Waals surface area contributed by atoms with Crippen molar-refractivity contribution in [1.82, 2.24) is 5.32 Å². The van der Waals surface area contributed by atoms with E-state index in [1.54, 1.807) is 0 Å². The number of nitrogens with one attached hydrogen (secondary N) is 1. The molecule has 0 aliphatic rings. The molecule has 3 N–H and O–H groups in total. The van der Waals surface area contributed by atoms with E-state index in [4.69, 9.17) is 4.74 Å². The van der Waals surface area contributed by atoms with Crippen LogP contribution in [0.5, 0.6) is 0 Å². The molecule has 0 aromatic heterocycles. The maximum atomic E-state index is 12.6. The van der Waals surface area contributed by atoms with Gasteiger partial charge in [-0.3, -0.25) is 9.59 Å². The van der Waals surface area contributed by atoms with Gasteiger partial charge in [-0.25, -0.2) is 0 Å². The van der Waals surface area contributed by atoms with Crippen LogP contribution in [0.3, 0.4) is 0 Å². The van der Waals surface area contributed by atoms with Crippen LogP contribution in [-0.2, 0) is 14.3 Å². The third-order valence-corrected chi connectivity index (χ3v) is 19.7. The van der Waals surface area contributed by atoms with Crippen LogP contribution in [-0.4, -0.2) is 47.4 Å². The number of aliphatic hydroxyl groups excluding tert-OH is 2. The maximum absolute atomic E-state index is 12.6. The fourth-order valence-electron chi connectivity index (χ4n) is 13.3. The third-order valence-electron chi connectivity index (χ3n) is 19.7. The first-order valence-corrected chi connectivity index (χ1v) is 41.7. The van der Waals surface area contributed by atoms with Gasteiger partial charge in [-0.1, -0.05) is 410 Å². The van der Waals surface area contributed by atoms with E-state index in [0.717, 1.165) is 51.4 Å². The Morgan fingerprint density at radius 1 is 0.308 bits per heavy atom. The van der Waals surface area contributed by atoms with Crippen molar-refractivity contribution in [2.24, 2.45) is 0 Å². The van der Waals surface area contributed by atoms with E-state index in [2.05, 4.69) is 55.6 Å². The molecule has 0 spiro atoms. The molecule has 0 aromatic rings. The van der Waals surface area contributed by atoms with Gasteiger partial charge in [0.2, 0.25) is 5.91 Å². The number of carbonyl (C=O) groups is 2. The average Bonchev–Trinajstić information content (AvgIpc) is 3.69. The van der Waals surface area contributed by atoms with Gasteiger partial charge in [0.05, 0.1) is 25.4 Å². The number of amides is 1. The molecule has 0 aliphatic heterocycles. The van der Waals surface area contributed by atoms with Gasteiger partial charge in [-0.15, -0.1) is 0 Å². The molecule has 0 saturated carbocycles. The van der Waals surface area contributed by atoms with Crippen molar-refractivity contribution in [2.45, 2.75) is 482 Å². The van der Waals surface area contributed by atoms with Crippen molar-refractivity contribution in [3.63, 3.8) is 0 Å². The summed E-state index contributed by atoms with van der Waals surface area (Å²) in [6, 6.07) is -0.540. The van der Waals surface area contributed by atoms with Gasteiger partial charge < -0.3 is 20.3 Å². The molecular weight excluding hydrogens is 1110 g/mol. The predicted molar refractivity (Wildman–Crippen MR) is 403 cm³/mol. The van der Waals surface area contributed by atoms with E-state index >= 15 is 0 Å². The van der Waals surface area contributed by atoms with Crippen LogP contribution in [0.2, 0.25) is 0 Å². The van der Waals surface area contributed by atoms with Crippen molar-refractivity contribution in [3.8, 4) is 0 Å². The van der Waals surface area contributed by atoms with Crippen molar-refractivity contribution in [1.29, 1.82) is 0 Å². The largest absolute Gasteiger partial charge is 0.466 e. The monoisotopic (exact) mass is 1280 g/mol. The number of carbonyl (C=O) groups excluding carboxylic acids is 2. The Kier molecular flexibility index (Phi) is 78.8. The Morgan fingerprint density at radius 3 is 0.868 bits per heavy atom. The summed E-state index contributed by atoms with van der Waals surface area (Å²) in [7, 11) is 0. The number of hydrogen-bond acceptors (Lipinski definition) is 5. The Labute approximate surface area is 570 Å². The molecule has 2 atom stereocenters. The Balaban J connectivity index is 3.34. The Morgan fingerprint density at radius 2 is 0.549 bits per heavy atom. The zero-order valence-electron chi connectivity index (χ0n) is 61.9. The second-order valence-corrected chi connectivity index (χ2v) is 28.8. The molecular formula is C85H163NO5.